The molecule has 2 unspecified atom stereocenters. The van der Waals surface area contributed by atoms with Crippen LogP contribution in [-0.2, 0) is 9.47 Å². The monoisotopic (exact) mass is 578 g/mol. The van der Waals surface area contributed by atoms with Gasteiger partial charge in [0.1, 0.15) is 71.0 Å². The van der Waals surface area contributed by atoms with E-state index in [9.17, 15) is 9.59 Å². The van der Waals surface area contributed by atoms with E-state index < -0.39 is 11.9 Å². The van der Waals surface area contributed by atoms with E-state index in [0.29, 0.717) is 75.5 Å². The molecule has 10 heteroatoms. The molecule has 0 spiro atoms. The molecular weight excluding hydrogens is 544 g/mol. The second-order valence-corrected chi connectivity index (χ2v) is 9.80. The van der Waals surface area contributed by atoms with Gasteiger partial charge in [-0.3, -0.25) is 0 Å². The molecule has 0 radical (unpaired) electrons. The van der Waals surface area contributed by atoms with Crippen LogP contribution in [0.2, 0.25) is 0 Å². The molecular formula is C32H34O10. The third-order valence-corrected chi connectivity index (χ3v) is 6.19. The predicted molar refractivity (Wildman–Crippen MR) is 151 cm³/mol. The fourth-order valence-electron chi connectivity index (χ4n) is 3.78. The van der Waals surface area contributed by atoms with Crippen molar-refractivity contribution in [2.45, 2.75) is 38.9 Å². The lowest BCUT2D eigenvalue weighted by Gasteiger charge is -2.16. The molecule has 10 nitrogen and oxygen atoms in total. The van der Waals surface area contributed by atoms with Crippen LogP contribution in [-0.4, -0.2) is 63.8 Å². The Kier molecular flexibility index (Phi) is 9.78. The van der Waals surface area contributed by atoms with Gasteiger partial charge in [0.25, 0.3) is 0 Å². The molecule has 2 heterocycles. The molecule has 2 fully saturated rings. The number of epoxide rings is 2. The maximum Gasteiger partial charge on any atom is 0.347 e. The Bertz CT molecular complexity index is 1240. The van der Waals surface area contributed by atoms with Crippen LogP contribution in [0.1, 0.15) is 47.4 Å². The Labute approximate surface area is 244 Å². The van der Waals surface area contributed by atoms with E-state index in [0.717, 1.165) is 0 Å². The molecule has 2 aliphatic heterocycles. The summed E-state index contributed by atoms with van der Waals surface area (Å²) in [6.07, 6.45) is 1.66. The van der Waals surface area contributed by atoms with Gasteiger partial charge in [0.05, 0.1) is 26.4 Å². The van der Waals surface area contributed by atoms with E-state index in [1.807, 2.05) is 13.8 Å². The molecule has 2 aliphatic rings. The fraction of sp³-hybridized carbons (Fsp3) is 0.375. The van der Waals surface area contributed by atoms with E-state index in [4.69, 9.17) is 37.9 Å². The zero-order valence-electron chi connectivity index (χ0n) is 23.7. The van der Waals surface area contributed by atoms with Crippen LogP contribution in [0.4, 0.5) is 0 Å². The zero-order valence-corrected chi connectivity index (χ0v) is 23.7. The van der Waals surface area contributed by atoms with Crippen LogP contribution < -0.4 is 28.4 Å². The summed E-state index contributed by atoms with van der Waals surface area (Å²) in [5.41, 5.74) is 0.247. The molecule has 42 heavy (non-hydrogen) atoms. The van der Waals surface area contributed by atoms with E-state index in [1.54, 1.807) is 48.5 Å². The highest BCUT2D eigenvalue weighted by atomic mass is 16.6. The second kappa shape index (κ2) is 14.1. The maximum atomic E-state index is 13.3. The average molecular weight is 579 g/mol. The van der Waals surface area contributed by atoms with Crippen molar-refractivity contribution in [3.63, 3.8) is 0 Å². The molecule has 3 aromatic carbocycles. The minimum atomic E-state index is -0.658. The summed E-state index contributed by atoms with van der Waals surface area (Å²) in [5, 5.41) is 0. The maximum absolute atomic E-state index is 13.3. The van der Waals surface area contributed by atoms with Gasteiger partial charge in [-0.1, -0.05) is 13.8 Å². The van der Waals surface area contributed by atoms with Gasteiger partial charge in [-0.15, -0.1) is 0 Å². The molecule has 0 aromatic heterocycles. The van der Waals surface area contributed by atoms with Gasteiger partial charge >= 0.3 is 11.9 Å². The van der Waals surface area contributed by atoms with Crippen molar-refractivity contribution >= 4 is 11.9 Å². The Morgan fingerprint density at radius 2 is 0.976 bits per heavy atom. The number of carbonyl (C=O) groups excluding carboxylic acids is 2. The van der Waals surface area contributed by atoms with Gasteiger partial charge < -0.3 is 37.9 Å². The van der Waals surface area contributed by atoms with E-state index in [2.05, 4.69) is 0 Å². The molecule has 0 N–H and O–H groups in total. The van der Waals surface area contributed by atoms with Crippen molar-refractivity contribution in [3.8, 4) is 34.5 Å². The average Bonchev–Trinajstić information content (AvgIpc) is 3.94. The number of hydrogen-bond acceptors (Lipinski definition) is 10. The standard InChI is InChI=1S/C32H34O10/c1-3-13-35-29-15-28(32(34)42-24-11-7-22(8-12-24)38-18-26-20-40-26)30(36-14-4-2)16-27(29)31(33)41-23-9-5-21(6-10-23)37-17-25-19-39-25/h5-12,15-16,25-26H,3-4,13-14,17-20H2,1-2H3. The van der Waals surface area contributed by atoms with Crippen molar-refractivity contribution in [3.05, 3.63) is 71.8 Å². The summed E-state index contributed by atoms with van der Waals surface area (Å²) in [4.78, 5) is 26.6. The Morgan fingerprint density at radius 1 is 0.619 bits per heavy atom. The molecule has 3 aromatic rings. The minimum absolute atomic E-state index is 0.124. The van der Waals surface area contributed by atoms with Gasteiger partial charge in [-0.05, 0) is 73.5 Å². The highest BCUT2D eigenvalue weighted by Gasteiger charge is 2.26. The number of ether oxygens (including phenoxy) is 8. The highest BCUT2D eigenvalue weighted by molar-refractivity contribution is 6.00. The molecule has 5 rings (SSSR count). The van der Waals surface area contributed by atoms with Gasteiger partial charge in [0.2, 0.25) is 0 Å². The third-order valence-electron chi connectivity index (χ3n) is 6.19. The van der Waals surface area contributed by atoms with E-state index in [-0.39, 0.29) is 34.8 Å². The van der Waals surface area contributed by atoms with Crippen LogP contribution in [0.3, 0.4) is 0 Å². The molecule has 0 aliphatic carbocycles. The number of rotatable bonds is 16. The largest absolute Gasteiger partial charge is 0.493 e. The lowest BCUT2D eigenvalue weighted by molar-refractivity contribution is 0.0712. The SMILES string of the molecule is CCCOc1cc(C(=O)Oc2ccc(OCC3CO3)cc2)c(OCCC)cc1C(=O)Oc1ccc(OCC2CO2)cc1. The highest BCUT2D eigenvalue weighted by Crippen LogP contribution is 2.32. The summed E-state index contributed by atoms with van der Waals surface area (Å²) in [5.74, 6) is 1.00. The number of carbonyl (C=O) groups is 2. The lowest BCUT2D eigenvalue weighted by Crippen LogP contribution is -2.16. The van der Waals surface area contributed by atoms with Crippen molar-refractivity contribution in [1.29, 1.82) is 0 Å². The van der Waals surface area contributed by atoms with Gasteiger partial charge in [-0.2, -0.15) is 0 Å². The van der Waals surface area contributed by atoms with Crippen molar-refractivity contribution < 1.29 is 47.5 Å². The number of hydrogen-bond donors (Lipinski definition) is 0. The first-order valence-corrected chi connectivity index (χ1v) is 14.1. The van der Waals surface area contributed by atoms with Crippen LogP contribution in [0.5, 0.6) is 34.5 Å². The zero-order chi connectivity index (χ0) is 29.3. The van der Waals surface area contributed by atoms with Crippen molar-refractivity contribution in [1.82, 2.24) is 0 Å². The Morgan fingerprint density at radius 3 is 1.31 bits per heavy atom. The van der Waals surface area contributed by atoms with Crippen LogP contribution in [0.25, 0.3) is 0 Å². The normalized spacial score (nSPS) is 16.7. The summed E-state index contributed by atoms with van der Waals surface area (Å²) in [6.45, 7) is 6.90. The van der Waals surface area contributed by atoms with Crippen LogP contribution >= 0.6 is 0 Å². The third kappa shape index (κ3) is 8.37. The molecule has 0 bridgehead atoms. The quantitative estimate of drug-likeness (QED) is 0.127. The fourth-order valence-corrected chi connectivity index (χ4v) is 3.78. The first kappa shape index (κ1) is 29.2. The minimum Gasteiger partial charge on any atom is -0.493 e. The second-order valence-electron chi connectivity index (χ2n) is 9.80. The van der Waals surface area contributed by atoms with Crippen molar-refractivity contribution in [2.24, 2.45) is 0 Å². The van der Waals surface area contributed by atoms with Crippen LogP contribution in [0.15, 0.2) is 60.7 Å². The first-order chi connectivity index (χ1) is 20.5. The number of benzene rings is 3. The first-order valence-electron chi connectivity index (χ1n) is 14.1. The van der Waals surface area contributed by atoms with E-state index in [1.165, 1.54) is 12.1 Å². The smallest absolute Gasteiger partial charge is 0.347 e. The summed E-state index contributed by atoms with van der Waals surface area (Å²) in [6, 6.07) is 16.4. The molecule has 2 saturated heterocycles. The number of esters is 2. The Balaban J connectivity index is 1.32. The van der Waals surface area contributed by atoms with Crippen molar-refractivity contribution in [2.75, 3.05) is 39.6 Å². The summed E-state index contributed by atoms with van der Waals surface area (Å²) < 4.78 is 44.6. The van der Waals surface area contributed by atoms with Gasteiger partial charge in [0.15, 0.2) is 0 Å². The van der Waals surface area contributed by atoms with Gasteiger partial charge in [0, 0.05) is 0 Å². The topological polar surface area (TPSA) is 115 Å². The van der Waals surface area contributed by atoms with Crippen LogP contribution in [0, 0.1) is 0 Å². The molecule has 222 valence electrons. The summed E-state index contributed by atoms with van der Waals surface area (Å²) in [7, 11) is 0. The molecule has 2 atom stereocenters. The Hall–Kier alpha value is -4.28. The van der Waals surface area contributed by atoms with Gasteiger partial charge in [-0.25, -0.2) is 9.59 Å². The summed E-state index contributed by atoms with van der Waals surface area (Å²) >= 11 is 0. The van der Waals surface area contributed by atoms with E-state index >= 15 is 0 Å². The lowest BCUT2D eigenvalue weighted by atomic mass is 10.1. The predicted octanol–water partition coefficient (Wildman–Crippen LogP) is 5.26. The molecule has 0 amide bonds. The molecule has 0 saturated carbocycles.